The highest BCUT2D eigenvalue weighted by Crippen LogP contribution is 2.33. The molecule has 1 aromatic heterocycles. The van der Waals surface area contributed by atoms with E-state index in [9.17, 15) is 14.0 Å². The maximum atomic E-state index is 14.1. The molecule has 0 fully saturated rings. The lowest BCUT2D eigenvalue weighted by Gasteiger charge is -2.11. The number of benzene rings is 1. The number of fused-ring (bicyclic) bond motifs is 1. The fraction of sp³-hybridized carbons (Fsp3) is 0.231. The van der Waals surface area contributed by atoms with Gasteiger partial charge in [-0.05, 0) is 6.07 Å². The Morgan fingerprint density at radius 1 is 1.55 bits per heavy atom. The van der Waals surface area contributed by atoms with Gasteiger partial charge < -0.3 is 9.47 Å². The maximum Gasteiger partial charge on any atom is 0.367 e. The van der Waals surface area contributed by atoms with Crippen LogP contribution < -0.4 is 10.4 Å². The lowest BCUT2D eigenvalue weighted by molar-refractivity contribution is -0.141. The van der Waals surface area contributed by atoms with Crippen LogP contribution in [0.1, 0.15) is 6.17 Å². The van der Waals surface area contributed by atoms with E-state index in [0.717, 1.165) is 15.4 Å². The number of hydrogen-bond acceptors (Lipinski definition) is 4. The first-order valence-electron chi connectivity index (χ1n) is 6.06. The summed E-state index contributed by atoms with van der Waals surface area (Å²) in [5.41, 5.74) is -0.649. The second-order valence-corrected chi connectivity index (χ2v) is 4.79. The van der Waals surface area contributed by atoms with Crippen molar-refractivity contribution < 1.29 is 18.7 Å². The molecular weight excluding hydrogens is 317 g/mol. The van der Waals surface area contributed by atoms with Crippen LogP contribution in [0, 0.1) is 18.2 Å². The van der Waals surface area contributed by atoms with Gasteiger partial charge in [0.15, 0.2) is 5.82 Å². The Bertz CT molecular complexity index is 873. The third-order valence-corrected chi connectivity index (χ3v) is 3.45. The Hall–Kier alpha value is -2.66. The molecule has 1 atom stereocenters. The predicted octanol–water partition coefficient (Wildman–Crippen LogP) is 0.778. The maximum absolute atomic E-state index is 14.1. The molecule has 0 aliphatic carbocycles. The van der Waals surface area contributed by atoms with Gasteiger partial charge in [-0.15, -0.1) is 6.42 Å². The molecular formula is C13H9ClFN3O4. The third-order valence-electron chi connectivity index (χ3n) is 3.15. The van der Waals surface area contributed by atoms with Gasteiger partial charge in [0, 0.05) is 6.07 Å². The van der Waals surface area contributed by atoms with E-state index in [0.29, 0.717) is 0 Å². The van der Waals surface area contributed by atoms with E-state index in [2.05, 4.69) is 10.7 Å². The molecule has 7 nitrogen and oxygen atoms in total. The quantitative estimate of drug-likeness (QED) is 0.615. The van der Waals surface area contributed by atoms with E-state index in [1.54, 1.807) is 0 Å². The lowest BCUT2D eigenvalue weighted by Crippen LogP contribution is -2.32. The predicted molar refractivity (Wildman–Crippen MR) is 73.8 cm³/mol. The number of carbonyl (C=O) groups is 1. The van der Waals surface area contributed by atoms with Crippen molar-refractivity contribution in [3.63, 3.8) is 0 Å². The zero-order valence-corrected chi connectivity index (χ0v) is 12.0. The van der Waals surface area contributed by atoms with Crippen molar-refractivity contribution in [2.75, 3.05) is 13.7 Å². The van der Waals surface area contributed by atoms with Crippen molar-refractivity contribution in [2.24, 2.45) is 0 Å². The molecule has 0 bridgehead atoms. The highest BCUT2D eigenvalue weighted by Gasteiger charge is 2.49. The van der Waals surface area contributed by atoms with Gasteiger partial charge >= 0.3 is 11.7 Å². The summed E-state index contributed by atoms with van der Waals surface area (Å²) in [5.74, 6) is 1.04. The molecule has 1 aliphatic heterocycles. The van der Waals surface area contributed by atoms with Gasteiger partial charge in [0.05, 0.1) is 12.1 Å². The van der Waals surface area contributed by atoms with E-state index in [4.69, 9.17) is 22.8 Å². The number of terminal acetylenes is 1. The van der Waals surface area contributed by atoms with Crippen LogP contribution in [0.2, 0.25) is 5.02 Å². The average Bonchev–Trinajstić information content (AvgIpc) is 3.17. The Kier molecular flexibility index (Phi) is 3.22. The first-order valence-corrected chi connectivity index (χ1v) is 6.44. The number of rotatable bonds is 4. The zero-order valence-electron chi connectivity index (χ0n) is 11.2. The van der Waals surface area contributed by atoms with Gasteiger partial charge in [0.2, 0.25) is 0 Å². The standard InChI is InChI=1S/C13H9ClFN3O4/c1-3-4-22-10-6-9(8(15)5-7(10)14)16-13(20)17-11(18(16)17)12(19)21-2/h1,5-6,11H,4H2,2H3. The van der Waals surface area contributed by atoms with Crippen molar-refractivity contribution >= 4 is 17.6 Å². The highest BCUT2D eigenvalue weighted by molar-refractivity contribution is 6.32. The fourth-order valence-corrected chi connectivity index (χ4v) is 2.34. The summed E-state index contributed by atoms with van der Waals surface area (Å²) < 4.78 is 25.9. The number of ether oxygens (including phenoxy) is 2. The number of hydrogen-bond donors (Lipinski definition) is 0. The Morgan fingerprint density at radius 2 is 2.27 bits per heavy atom. The van der Waals surface area contributed by atoms with Gasteiger partial charge in [0.25, 0.3) is 6.17 Å². The summed E-state index contributed by atoms with van der Waals surface area (Å²) in [6.07, 6.45) is 4.21. The molecule has 0 radical (unpaired) electrons. The van der Waals surface area contributed by atoms with Crippen molar-refractivity contribution in [3.05, 3.63) is 33.5 Å². The van der Waals surface area contributed by atoms with Crippen LogP contribution >= 0.6 is 11.6 Å². The molecule has 2 aromatic rings. The molecule has 1 aliphatic rings. The minimum Gasteiger partial charge on any atom is -0.479 e. The van der Waals surface area contributed by atoms with Crippen molar-refractivity contribution in [1.82, 2.24) is 14.2 Å². The summed E-state index contributed by atoms with van der Waals surface area (Å²) in [6.45, 7) is -0.0562. The van der Waals surface area contributed by atoms with Gasteiger partial charge in [-0.2, -0.15) is 14.2 Å². The summed E-state index contributed by atoms with van der Waals surface area (Å²) in [7, 11) is 1.20. The molecule has 0 amide bonds. The van der Waals surface area contributed by atoms with Crippen LogP contribution in [0.25, 0.3) is 5.69 Å². The number of aromatic nitrogens is 3. The van der Waals surface area contributed by atoms with Gasteiger partial charge in [-0.1, -0.05) is 17.5 Å². The van der Waals surface area contributed by atoms with Crippen LogP contribution in [-0.2, 0) is 9.53 Å². The molecule has 0 N–H and O–H groups in total. The number of esters is 1. The molecule has 9 heteroatoms. The van der Waals surface area contributed by atoms with E-state index in [-0.39, 0.29) is 23.1 Å². The molecule has 3 rings (SSSR count). The SMILES string of the molecule is C#CCOc1cc(-n2c(=O)n3n2C3C(=O)OC)c(F)cc1Cl. The number of nitrogens with zero attached hydrogens (tertiary/aromatic N) is 3. The van der Waals surface area contributed by atoms with Crippen LogP contribution in [0.15, 0.2) is 16.9 Å². The minimum atomic E-state index is -0.873. The first kappa shape index (κ1) is 14.3. The van der Waals surface area contributed by atoms with Crippen molar-refractivity contribution in [2.45, 2.75) is 6.17 Å². The third kappa shape index (κ3) is 1.90. The molecule has 1 unspecified atom stereocenters. The Balaban J connectivity index is 2.01. The van der Waals surface area contributed by atoms with Crippen LogP contribution in [-0.4, -0.2) is 33.8 Å². The Morgan fingerprint density at radius 3 is 2.91 bits per heavy atom. The lowest BCUT2D eigenvalue weighted by atomic mass is 10.3. The number of carbonyl (C=O) groups excluding carboxylic acids is 1. The van der Waals surface area contributed by atoms with Gasteiger partial charge in [0.1, 0.15) is 18.0 Å². The molecule has 114 valence electrons. The van der Waals surface area contributed by atoms with E-state index >= 15 is 0 Å². The van der Waals surface area contributed by atoms with Crippen LogP contribution in [0.3, 0.4) is 0 Å². The molecule has 0 saturated carbocycles. The molecule has 2 heterocycles. The van der Waals surface area contributed by atoms with Crippen molar-refractivity contribution in [3.8, 4) is 23.8 Å². The molecule has 0 spiro atoms. The summed E-state index contributed by atoms with van der Waals surface area (Å²) >= 11 is 5.85. The van der Waals surface area contributed by atoms with E-state index in [1.165, 1.54) is 18.0 Å². The second-order valence-electron chi connectivity index (χ2n) is 4.38. The van der Waals surface area contributed by atoms with Gasteiger partial charge in [-0.25, -0.2) is 14.0 Å². The fourth-order valence-electron chi connectivity index (χ4n) is 2.13. The summed E-state index contributed by atoms with van der Waals surface area (Å²) in [6, 6.07) is 2.26. The average molecular weight is 326 g/mol. The second kappa shape index (κ2) is 4.96. The van der Waals surface area contributed by atoms with Crippen LogP contribution in [0.5, 0.6) is 5.75 Å². The zero-order chi connectivity index (χ0) is 16.0. The monoisotopic (exact) mass is 325 g/mol. The Labute approximate surface area is 128 Å². The highest BCUT2D eigenvalue weighted by atomic mass is 35.5. The molecule has 1 aromatic carbocycles. The van der Waals surface area contributed by atoms with E-state index in [1.807, 2.05) is 0 Å². The first-order chi connectivity index (χ1) is 10.5. The number of halogens is 2. The molecule has 22 heavy (non-hydrogen) atoms. The normalized spacial score (nSPS) is 15.1. The minimum absolute atomic E-state index is 0.0247. The largest absolute Gasteiger partial charge is 0.479 e. The summed E-state index contributed by atoms with van der Waals surface area (Å²) in [4.78, 5) is 24.6. The van der Waals surface area contributed by atoms with E-state index < -0.39 is 23.6 Å². The smallest absolute Gasteiger partial charge is 0.367 e. The van der Waals surface area contributed by atoms with Crippen LogP contribution in [0.4, 0.5) is 4.39 Å². The topological polar surface area (TPSA) is 67.4 Å². The molecule has 0 saturated heterocycles. The van der Waals surface area contributed by atoms with Gasteiger partial charge in [-0.3, -0.25) is 0 Å². The summed E-state index contributed by atoms with van der Waals surface area (Å²) in [5, 5.41) is 0.0247. The number of methoxy groups -OCH3 is 1. The van der Waals surface area contributed by atoms with Crippen molar-refractivity contribution in [1.29, 1.82) is 0 Å².